The van der Waals surface area contributed by atoms with Gasteiger partial charge in [-0.05, 0) is 17.7 Å². The number of ether oxygens (including phenoxy) is 1. The Morgan fingerprint density at radius 3 is 2.47 bits per heavy atom. The first-order valence-electron chi connectivity index (χ1n) is 5.29. The SMILES string of the molecule is COc1cnc(Cl)c(-c2ccccc2C(F)(F)F)c1. The molecule has 1 aromatic carbocycles. The second-order valence-electron chi connectivity index (χ2n) is 3.76. The summed E-state index contributed by atoms with van der Waals surface area (Å²) in [7, 11) is 1.41. The van der Waals surface area contributed by atoms with Crippen molar-refractivity contribution in [1.29, 1.82) is 0 Å². The number of aromatic nitrogens is 1. The van der Waals surface area contributed by atoms with Crippen molar-refractivity contribution in [2.24, 2.45) is 0 Å². The number of halogens is 4. The van der Waals surface area contributed by atoms with Gasteiger partial charge in [-0.2, -0.15) is 13.2 Å². The zero-order valence-corrected chi connectivity index (χ0v) is 10.6. The highest BCUT2D eigenvalue weighted by molar-refractivity contribution is 6.32. The van der Waals surface area contributed by atoms with Gasteiger partial charge >= 0.3 is 6.18 Å². The molecule has 0 saturated heterocycles. The summed E-state index contributed by atoms with van der Waals surface area (Å²) in [5, 5.41) is -0.00231. The Morgan fingerprint density at radius 2 is 1.84 bits per heavy atom. The van der Waals surface area contributed by atoms with Gasteiger partial charge in [0, 0.05) is 5.56 Å². The average Bonchev–Trinajstić information content (AvgIpc) is 2.38. The molecule has 0 bridgehead atoms. The van der Waals surface area contributed by atoms with Crippen LogP contribution >= 0.6 is 11.6 Å². The Kier molecular flexibility index (Phi) is 3.66. The lowest BCUT2D eigenvalue weighted by atomic mass is 10.0. The molecule has 100 valence electrons. The molecule has 0 spiro atoms. The van der Waals surface area contributed by atoms with Gasteiger partial charge < -0.3 is 4.74 Å². The van der Waals surface area contributed by atoms with Crippen molar-refractivity contribution in [3.8, 4) is 16.9 Å². The maximum atomic E-state index is 13.0. The monoisotopic (exact) mass is 287 g/mol. The molecule has 1 aromatic heterocycles. The Hall–Kier alpha value is -1.75. The summed E-state index contributed by atoms with van der Waals surface area (Å²) in [5.41, 5.74) is -0.590. The summed E-state index contributed by atoms with van der Waals surface area (Å²) < 4.78 is 43.8. The molecule has 0 saturated carbocycles. The maximum absolute atomic E-state index is 13.0. The van der Waals surface area contributed by atoms with Gasteiger partial charge in [-0.3, -0.25) is 0 Å². The molecule has 0 unspecified atom stereocenters. The van der Waals surface area contributed by atoms with Crippen molar-refractivity contribution in [3.63, 3.8) is 0 Å². The first-order chi connectivity index (χ1) is 8.93. The Morgan fingerprint density at radius 1 is 1.16 bits per heavy atom. The maximum Gasteiger partial charge on any atom is 0.417 e. The van der Waals surface area contributed by atoms with Crippen LogP contribution < -0.4 is 4.74 Å². The zero-order valence-electron chi connectivity index (χ0n) is 9.83. The van der Waals surface area contributed by atoms with Crippen LogP contribution in [-0.4, -0.2) is 12.1 Å². The molecule has 0 N–H and O–H groups in total. The summed E-state index contributed by atoms with van der Waals surface area (Å²) in [5.74, 6) is 0.344. The van der Waals surface area contributed by atoms with Crippen LogP contribution in [0.15, 0.2) is 36.5 Å². The van der Waals surface area contributed by atoms with Crippen molar-refractivity contribution in [1.82, 2.24) is 4.98 Å². The van der Waals surface area contributed by atoms with Crippen LogP contribution in [0.4, 0.5) is 13.2 Å². The van der Waals surface area contributed by atoms with E-state index in [-0.39, 0.29) is 16.3 Å². The minimum Gasteiger partial charge on any atom is -0.495 e. The molecular weight excluding hydrogens is 279 g/mol. The number of nitrogens with zero attached hydrogens (tertiary/aromatic N) is 1. The number of benzene rings is 1. The van der Waals surface area contributed by atoms with Crippen LogP contribution in [0, 0.1) is 0 Å². The predicted molar refractivity (Wildman–Crippen MR) is 66.2 cm³/mol. The van der Waals surface area contributed by atoms with E-state index in [2.05, 4.69) is 4.98 Å². The third kappa shape index (κ3) is 2.81. The van der Waals surface area contributed by atoms with E-state index in [1.54, 1.807) is 0 Å². The van der Waals surface area contributed by atoms with Crippen molar-refractivity contribution >= 4 is 11.6 Å². The van der Waals surface area contributed by atoms with E-state index in [9.17, 15) is 13.2 Å². The minimum atomic E-state index is -4.46. The molecule has 0 amide bonds. The standard InChI is InChI=1S/C13H9ClF3NO/c1-19-8-6-10(12(14)18-7-8)9-4-2-3-5-11(9)13(15,16)17/h2-7H,1H3. The average molecular weight is 288 g/mol. The summed E-state index contributed by atoms with van der Waals surface area (Å²) in [6.07, 6.45) is -3.11. The fourth-order valence-corrected chi connectivity index (χ4v) is 1.90. The third-order valence-electron chi connectivity index (χ3n) is 2.57. The summed E-state index contributed by atoms with van der Waals surface area (Å²) in [6.45, 7) is 0. The van der Waals surface area contributed by atoms with Crippen LogP contribution in [-0.2, 0) is 6.18 Å². The molecule has 0 radical (unpaired) electrons. The molecule has 0 aliphatic rings. The number of methoxy groups -OCH3 is 1. The van der Waals surface area contributed by atoms with E-state index in [1.165, 1.54) is 37.6 Å². The summed E-state index contributed by atoms with van der Waals surface area (Å²) in [4.78, 5) is 3.82. The van der Waals surface area contributed by atoms with Gasteiger partial charge in [-0.15, -0.1) is 0 Å². The number of hydrogen-bond donors (Lipinski definition) is 0. The number of pyridine rings is 1. The van der Waals surface area contributed by atoms with Crippen LogP contribution in [0.5, 0.6) is 5.75 Å². The van der Waals surface area contributed by atoms with Gasteiger partial charge in [0.05, 0.1) is 18.9 Å². The van der Waals surface area contributed by atoms with Gasteiger partial charge in [0.25, 0.3) is 0 Å². The smallest absolute Gasteiger partial charge is 0.417 e. The first-order valence-corrected chi connectivity index (χ1v) is 5.67. The second kappa shape index (κ2) is 5.09. The van der Waals surface area contributed by atoms with Crippen molar-refractivity contribution < 1.29 is 17.9 Å². The van der Waals surface area contributed by atoms with Gasteiger partial charge in [0.2, 0.25) is 0 Å². The van der Waals surface area contributed by atoms with Crippen LogP contribution in [0.1, 0.15) is 5.56 Å². The number of alkyl halides is 3. The quantitative estimate of drug-likeness (QED) is 0.762. The molecule has 0 aliphatic carbocycles. The largest absolute Gasteiger partial charge is 0.495 e. The molecular formula is C13H9ClF3NO. The predicted octanol–water partition coefficient (Wildman–Crippen LogP) is 4.43. The molecule has 2 nitrogen and oxygen atoms in total. The number of rotatable bonds is 2. The Balaban J connectivity index is 2.65. The van der Waals surface area contributed by atoms with E-state index < -0.39 is 11.7 Å². The van der Waals surface area contributed by atoms with Gasteiger partial charge in [-0.25, -0.2) is 4.98 Å². The minimum absolute atomic E-state index is 0.00231. The van der Waals surface area contributed by atoms with Crippen molar-refractivity contribution in [3.05, 3.63) is 47.2 Å². The molecule has 0 fully saturated rings. The van der Waals surface area contributed by atoms with Crippen LogP contribution in [0.3, 0.4) is 0 Å². The summed E-state index contributed by atoms with van der Waals surface area (Å²) in [6, 6.07) is 6.63. The van der Waals surface area contributed by atoms with Crippen molar-refractivity contribution in [2.45, 2.75) is 6.18 Å². The van der Waals surface area contributed by atoms with Gasteiger partial charge in [-0.1, -0.05) is 29.8 Å². The lowest BCUT2D eigenvalue weighted by Gasteiger charge is -2.14. The Bertz CT molecular complexity index is 599. The van der Waals surface area contributed by atoms with Crippen LogP contribution in [0.2, 0.25) is 5.15 Å². The zero-order chi connectivity index (χ0) is 14.0. The lowest BCUT2D eigenvalue weighted by Crippen LogP contribution is -2.07. The molecule has 2 rings (SSSR count). The molecule has 0 atom stereocenters. The van der Waals surface area contributed by atoms with E-state index in [4.69, 9.17) is 16.3 Å². The Labute approximate surface area is 112 Å². The van der Waals surface area contributed by atoms with Gasteiger partial charge in [0.15, 0.2) is 0 Å². The lowest BCUT2D eigenvalue weighted by molar-refractivity contribution is -0.137. The topological polar surface area (TPSA) is 22.1 Å². The molecule has 2 aromatic rings. The third-order valence-corrected chi connectivity index (χ3v) is 2.87. The van der Waals surface area contributed by atoms with E-state index in [0.717, 1.165) is 6.07 Å². The molecule has 1 heterocycles. The first kappa shape index (κ1) is 13.7. The highest BCUT2D eigenvalue weighted by Crippen LogP contribution is 2.39. The fourth-order valence-electron chi connectivity index (χ4n) is 1.69. The molecule has 0 aliphatic heterocycles. The fraction of sp³-hybridized carbons (Fsp3) is 0.154. The highest BCUT2D eigenvalue weighted by Gasteiger charge is 2.33. The molecule has 19 heavy (non-hydrogen) atoms. The van der Waals surface area contributed by atoms with Gasteiger partial charge in [0.1, 0.15) is 10.9 Å². The highest BCUT2D eigenvalue weighted by atomic mass is 35.5. The van der Waals surface area contributed by atoms with E-state index in [0.29, 0.717) is 5.75 Å². The number of hydrogen-bond acceptors (Lipinski definition) is 2. The van der Waals surface area contributed by atoms with E-state index >= 15 is 0 Å². The molecule has 6 heteroatoms. The second-order valence-corrected chi connectivity index (χ2v) is 4.11. The van der Waals surface area contributed by atoms with Crippen LogP contribution in [0.25, 0.3) is 11.1 Å². The van der Waals surface area contributed by atoms with Crippen molar-refractivity contribution in [2.75, 3.05) is 7.11 Å². The normalized spacial score (nSPS) is 11.4. The summed E-state index contributed by atoms with van der Waals surface area (Å²) >= 11 is 5.88. The van der Waals surface area contributed by atoms with E-state index in [1.807, 2.05) is 0 Å².